The molecule has 1 fully saturated rings. The van der Waals surface area contributed by atoms with E-state index in [1.165, 1.54) is 54.5 Å². The molecule has 8 N–H and O–H groups in total. The Kier molecular flexibility index (Phi) is 9.82. The number of pyridine rings is 1. The Morgan fingerprint density at radius 3 is 2.55 bits per heavy atom. The molecule has 20 heteroatoms. The average Bonchev–Trinajstić information content (AvgIpc) is 3.50. The van der Waals surface area contributed by atoms with E-state index in [-0.39, 0.29) is 39.3 Å². The zero-order chi connectivity index (χ0) is 33.8. The van der Waals surface area contributed by atoms with Gasteiger partial charge in [0.2, 0.25) is 0 Å². The Balaban J connectivity index is 1.18. The van der Waals surface area contributed by atoms with Crippen molar-refractivity contribution in [1.82, 2.24) is 26.1 Å². The van der Waals surface area contributed by atoms with Gasteiger partial charge in [0.05, 0.1) is 0 Å². The van der Waals surface area contributed by atoms with Crippen molar-refractivity contribution in [2.24, 2.45) is 5.16 Å². The van der Waals surface area contributed by atoms with Crippen LogP contribution in [0.15, 0.2) is 69.4 Å². The van der Waals surface area contributed by atoms with Gasteiger partial charge >= 0.3 is 12.0 Å². The molecule has 1 saturated heterocycles. The number of nitrogens with one attached hydrogen (secondary N) is 3. The number of thiazole rings is 1. The lowest BCUT2D eigenvalue weighted by Crippen LogP contribution is -2.71. The predicted molar refractivity (Wildman–Crippen MR) is 168 cm³/mol. The lowest BCUT2D eigenvalue weighted by molar-refractivity contribution is -0.572. The van der Waals surface area contributed by atoms with E-state index in [0.29, 0.717) is 10.5 Å². The second kappa shape index (κ2) is 14.0. The number of nitrogen functional groups attached to an aromatic ring is 1. The van der Waals surface area contributed by atoms with Gasteiger partial charge < -0.3 is 31.2 Å². The number of hydrogen-bond donors (Lipinski definition) is 7. The maximum Gasteiger partial charge on any atom is 0.519 e. The summed E-state index contributed by atoms with van der Waals surface area (Å²) < 4.78 is 1.15. The first-order valence-corrected chi connectivity index (χ1v) is 16.2. The number of hydrogen-bond acceptors (Lipinski definition) is 14. The molecular formula is C27H25N8O9S3+. The minimum Gasteiger partial charge on any atom is -0.504 e. The molecule has 2 aliphatic heterocycles. The molecule has 0 saturated carbocycles. The number of benzene rings is 1. The maximum atomic E-state index is 13.1. The van der Waals surface area contributed by atoms with Crippen LogP contribution in [-0.2, 0) is 19.2 Å². The third kappa shape index (κ3) is 7.08. The topological polar surface area (TPSA) is 250 Å². The van der Waals surface area contributed by atoms with E-state index in [4.69, 9.17) is 10.6 Å². The Labute approximate surface area is 277 Å². The molecular weight excluding hydrogens is 677 g/mol. The monoisotopic (exact) mass is 701 g/mol. The highest BCUT2D eigenvalue weighted by molar-refractivity contribution is 8.01. The van der Waals surface area contributed by atoms with Crippen LogP contribution >= 0.6 is 34.9 Å². The van der Waals surface area contributed by atoms with Crippen molar-refractivity contribution in [1.29, 1.82) is 0 Å². The first-order valence-electron chi connectivity index (χ1n) is 13.3. The number of rotatable bonds is 9. The lowest BCUT2D eigenvalue weighted by atomic mass is 10.0. The van der Waals surface area contributed by atoms with Gasteiger partial charge in [-0.15, -0.1) is 40.3 Å². The van der Waals surface area contributed by atoms with Crippen LogP contribution in [0.3, 0.4) is 0 Å². The highest BCUT2D eigenvalue weighted by Crippen LogP contribution is 2.41. The molecule has 2 aliphatic rings. The summed E-state index contributed by atoms with van der Waals surface area (Å²) in [6.45, 7) is 0. The highest BCUT2D eigenvalue weighted by Gasteiger charge is 2.54. The van der Waals surface area contributed by atoms with Crippen LogP contribution in [-0.4, -0.2) is 90.7 Å². The van der Waals surface area contributed by atoms with Crippen molar-refractivity contribution in [2.75, 3.05) is 24.3 Å². The number of β-lactam (4-membered cyclic amide) rings is 1. The predicted octanol–water partition coefficient (Wildman–Crippen LogP) is 0.208. The Morgan fingerprint density at radius 1 is 1.17 bits per heavy atom. The number of fused-ring (bicyclic) bond motifs is 1. The molecule has 3 aromatic rings. The number of aromatic nitrogens is 2. The van der Waals surface area contributed by atoms with Crippen LogP contribution in [0.1, 0.15) is 16.1 Å². The largest absolute Gasteiger partial charge is 0.519 e. The molecule has 0 spiro atoms. The van der Waals surface area contributed by atoms with Crippen LogP contribution in [0, 0.1) is 0 Å². The van der Waals surface area contributed by atoms with E-state index in [0.717, 1.165) is 32.9 Å². The molecule has 4 amide bonds. The van der Waals surface area contributed by atoms with Crippen molar-refractivity contribution >= 4 is 75.4 Å². The number of phenolic OH excluding ortho intramolecular Hbond substituents is 2. The summed E-state index contributed by atoms with van der Waals surface area (Å²) in [6.07, 6.45) is 2.86. The van der Waals surface area contributed by atoms with Gasteiger partial charge in [0.15, 0.2) is 22.3 Å². The number of phenols is 2. The first-order chi connectivity index (χ1) is 22.5. The van der Waals surface area contributed by atoms with Gasteiger partial charge in [-0.05, 0) is 35.9 Å². The third-order valence-electron chi connectivity index (χ3n) is 6.67. The van der Waals surface area contributed by atoms with Crippen molar-refractivity contribution in [2.45, 2.75) is 16.3 Å². The van der Waals surface area contributed by atoms with E-state index in [1.807, 2.05) is 0 Å². The van der Waals surface area contributed by atoms with E-state index < -0.39 is 52.6 Å². The fourth-order valence-corrected chi connectivity index (χ4v) is 7.34. The number of anilines is 1. The van der Waals surface area contributed by atoms with Crippen LogP contribution in [0.25, 0.3) is 0 Å². The van der Waals surface area contributed by atoms with Crippen LogP contribution < -0.4 is 26.5 Å². The Morgan fingerprint density at radius 2 is 1.91 bits per heavy atom. The van der Waals surface area contributed by atoms with Crippen molar-refractivity contribution in [3.8, 4) is 11.5 Å². The molecule has 0 aliphatic carbocycles. The summed E-state index contributed by atoms with van der Waals surface area (Å²) in [5.74, 6) is -3.70. The number of thioether (sulfide) groups is 2. The number of hydrazine groups is 1. The standard InChI is InChI=1S/C27H24N8O9S3/c1-44-33-18(15-11-47-26(28)29-15)22(39)30-19-23(40)35-20(25(41)42)13(10-46-24(19)35)9-45-14-4-6-34(7-5-14)27(43)32-31-21(38)12-2-3-16(36)17(37)8-12/h2-8,11,19,24H,9-10H2,1H3,(H7-,28,29,30,31,32,33,36,37,38,39,41,42,43)/p+1/t19-,24-/m1/s1. The molecule has 244 valence electrons. The number of carboxylic acid groups (broad SMARTS) is 1. The fourth-order valence-electron chi connectivity index (χ4n) is 4.42. The van der Waals surface area contributed by atoms with Gasteiger partial charge in [-0.3, -0.25) is 19.3 Å². The molecule has 2 atom stereocenters. The number of nitrogens with zero attached hydrogens (tertiary/aromatic N) is 4. The quantitative estimate of drug-likeness (QED) is 0.0394. The molecule has 4 heterocycles. The van der Waals surface area contributed by atoms with E-state index in [9.17, 15) is 39.3 Å². The summed E-state index contributed by atoms with van der Waals surface area (Å²) >= 11 is 3.69. The Hall–Kier alpha value is -5.34. The van der Waals surface area contributed by atoms with E-state index in [2.05, 4.69) is 26.3 Å². The van der Waals surface area contributed by atoms with Gasteiger partial charge in [-0.2, -0.15) is 14.8 Å². The first kappa shape index (κ1) is 33.0. The molecule has 47 heavy (non-hydrogen) atoms. The zero-order valence-electron chi connectivity index (χ0n) is 24.1. The number of nitrogens with two attached hydrogens (primary N) is 1. The lowest BCUT2D eigenvalue weighted by Gasteiger charge is -2.49. The summed E-state index contributed by atoms with van der Waals surface area (Å²) in [5.41, 5.74) is 10.4. The number of carbonyl (C=O) groups is 5. The summed E-state index contributed by atoms with van der Waals surface area (Å²) in [4.78, 5) is 73.6. The molecule has 0 bridgehead atoms. The third-order valence-corrected chi connectivity index (χ3v) is 9.78. The number of aliphatic carboxylic acids is 1. The molecule has 17 nitrogen and oxygen atoms in total. The van der Waals surface area contributed by atoms with Crippen LogP contribution in [0.4, 0.5) is 9.93 Å². The summed E-state index contributed by atoms with van der Waals surface area (Å²) in [7, 11) is 1.25. The fraction of sp³-hybridized carbons (Fsp3) is 0.185. The summed E-state index contributed by atoms with van der Waals surface area (Å²) in [6, 6.07) is 4.96. The van der Waals surface area contributed by atoms with Crippen LogP contribution in [0.5, 0.6) is 11.5 Å². The second-order valence-electron chi connectivity index (χ2n) is 9.63. The molecule has 1 aromatic carbocycles. The van der Waals surface area contributed by atoms with Crippen LogP contribution in [0.2, 0.25) is 0 Å². The van der Waals surface area contributed by atoms with Gasteiger partial charge in [0.1, 0.15) is 42.3 Å². The van der Waals surface area contributed by atoms with Gasteiger partial charge in [0, 0.05) is 27.3 Å². The Bertz CT molecular complexity index is 1830. The zero-order valence-corrected chi connectivity index (χ0v) is 26.5. The SMILES string of the molecule is CO/N=C(\C(=O)N[C@@H]1C(=O)N2C(C(=O)O)=C(CSc3cc[n+](C(=O)NNC(=O)c4ccc(O)c(O)c4)cc3)CS[C@H]12)c1csc(N)n1. The van der Waals surface area contributed by atoms with Gasteiger partial charge in [0.25, 0.3) is 17.7 Å². The van der Waals surface area contributed by atoms with E-state index in [1.54, 1.807) is 12.1 Å². The second-order valence-corrected chi connectivity index (χ2v) is 12.7. The molecule has 5 rings (SSSR count). The van der Waals surface area contributed by atoms with Crippen molar-refractivity contribution in [3.05, 3.63) is 70.6 Å². The molecule has 0 radical (unpaired) electrons. The minimum absolute atomic E-state index is 0.00286. The van der Waals surface area contributed by atoms with Gasteiger partial charge in [-0.1, -0.05) is 5.16 Å². The highest BCUT2D eigenvalue weighted by atomic mass is 32.2. The minimum atomic E-state index is -1.28. The smallest absolute Gasteiger partial charge is 0.504 e. The van der Waals surface area contributed by atoms with Crippen molar-refractivity contribution < 1.29 is 48.7 Å². The number of carbonyl (C=O) groups excluding carboxylic acids is 4. The van der Waals surface area contributed by atoms with E-state index >= 15 is 0 Å². The normalized spacial score (nSPS) is 17.3. The number of oxime groups is 1. The molecule has 0 unspecified atom stereocenters. The summed E-state index contributed by atoms with van der Waals surface area (Å²) in [5, 5.41) is 36.3. The van der Waals surface area contributed by atoms with Crippen molar-refractivity contribution in [3.63, 3.8) is 0 Å². The molecule has 2 aromatic heterocycles. The van der Waals surface area contributed by atoms with Gasteiger partial charge in [-0.25, -0.2) is 9.78 Å². The number of aromatic hydroxyl groups is 2. The maximum absolute atomic E-state index is 13.1. The number of carboxylic acids is 1. The number of amides is 4. The average molecular weight is 702 g/mol.